The summed E-state index contributed by atoms with van der Waals surface area (Å²) in [6.07, 6.45) is 0. The van der Waals surface area contributed by atoms with E-state index in [1.54, 1.807) is 6.92 Å². The predicted molar refractivity (Wildman–Crippen MR) is 52.7 cm³/mol. The van der Waals surface area contributed by atoms with Crippen molar-refractivity contribution in [3.63, 3.8) is 0 Å². The number of rotatable bonds is 3. The van der Waals surface area contributed by atoms with Gasteiger partial charge in [0, 0.05) is 6.07 Å². The van der Waals surface area contributed by atoms with Gasteiger partial charge >= 0.3 is 11.9 Å². The summed E-state index contributed by atoms with van der Waals surface area (Å²) in [5.41, 5.74) is -0.766. The smallest absolute Gasteiger partial charge is 0.341 e. The molecule has 16 heavy (non-hydrogen) atoms. The molecule has 1 aromatic carbocycles. The van der Waals surface area contributed by atoms with Gasteiger partial charge in [-0.15, -0.1) is 0 Å². The van der Waals surface area contributed by atoms with Gasteiger partial charge in [0.05, 0.1) is 6.61 Å². The Bertz CT molecular complexity index is 437. The van der Waals surface area contributed by atoms with E-state index in [-0.39, 0.29) is 12.2 Å². The molecule has 0 spiro atoms. The first-order valence-electron chi connectivity index (χ1n) is 4.43. The van der Waals surface area contributed by atoms with Crippen molar-refractivity contribution < 1.29 is 29.6 Å². The van der Waals surface area contributed by atoms with Crippen LogP contribution in [0.2, 0.25) is 0 Å². The van der Waals surface area contributed by atoms with Gasteiger partial charge in [0.1, 0.15) is 22.6 Å². The standard InChI is InChI=1S/C10H10O6/c1-2-16-10(15)6-3-5(9(13)14)7(11)4-8(6)12/h3-4,11-12H,2H2,1H3,(H,13,14). The molecule has 0 radical (unpaired) electrons. The van der Waals surface area contributed by atoms with Gasteiger partial charge in [-0.2, -0.15) is 0 Å². The summed E-state index contributed by atoms with van der Waals surface area (Å²) < 4.78 is 4.61. The minimum Gasteiger partial charge on any atom is -0.507 e. The van der Waals surface area contributed by atoms with Crippen LogP contribution in [-0.4, -0.2) is 33.9 Å². The van der Waals surface area contributed by atoms with Gasteiger partial charge in [-0.25, -0.2) is 9.59 Å². The van der Waals surface area contributed by atoms with Gasteiger partial charge in [0.15, 0.2) is 0 Å². The van der Waals surface area contributed by atoms with E-state index in [2.05, 4.69) is 4.74 Å². The van der Waals surface area contributed by atoms with Crippen molar-refractivity contribution in [2.24, 2.45) is 0 Å². The highest BCUT2D eigenvalue weighted by atomic mass is 16.5. The normalized spacial score (nSPS) is 9.81. The van der Waals surface area contributed by atoms with Gasteiger partial charge < -0.3 is 20.1 Å². The average molecular weight is 226 g/mol. The molecule has 0 unspecified atom stereocenters. The van der Waals surface area contributed by atoms with E-state index in [4.69, 9.17) is 5.11 Å². The number of hydrogen-bond donors (Lipinski definition) is 3. The number of carbonyl (C=O) groups is 2. The molecule has 0 fully saturated rings. The molecule has 6 heteroatoms. The molecule has 6 nitrogen and oxygen atoms in total. The van der Waals surface area contributed by atoms with Crippen LogP contribution in [0.15, 0.2) is 12.1 Å². The second kappa shape index (κ2) is 4.52. The van der Waals surface area contributed by atoms with Gasteiger partial charge in [-0.1, -0.05) is 0 Å². The lowest BCUT2D eigenvalue weighted by molar-refractivity contribution is 0.0523. The fourth-order valence-electron chi connectivity index (χ4n) is 1.12. The zero-order chi connectivity index (χ0) is 12.3. The number of carboxylic acids is 1. The van der Waals surface area contributed by atoms with E-state index >= 15 is 0 Å². The van der Waals surface area contributed by atoms with E-state index in [9.17, 15) is 19.8 Å². The van der Waals surface area contributed by atoms with E-state index in [1.165, 1.54) is 0 Å². The summed E-state index contributed by atoms with van der Waals surface area (Å²) in [6.45, 7) is 1.68. The van der Waals surface area contributed by atoms with E-state index in [1.807, 2.05) is 0 Å². The minimum absolute atomic E-state index is 0.0988. The lowest BCUT2D eigenvalue weighted by Crippen LogP contribution is -2.07. The third-order valence-corrected chi connectivity index (χ3v) is 1.84. The molecular formula is C10H10O6. The number of esters is 1. The lowest BCUT2D eigenvalue weighted by Gasteiger charge is -2.06. The quantitative estimate of drug-likeness (QED) is 0.663. The van der Waals surface area contributed by atoms with Crippen LogP contribution in [0.4, 0.5) is 0 Å². The molecule has 0 heterocycles. The van der Waals surface area contributed by atoms with Crippen LogP contribution >= 0.6 is 0 Å². The molecule has 0 saturated heterocycles. The van der Waals surface area contributed by atoms with Crippen LogP contribution < -0.4 is 0 Å². The van der Waals surface area contributed by atoms with Crippen LogP contribution in [0.25, 0.3) is 0 Å². The van der Waals surface area contributed by atoms with Gasteiger partial charge in [0.25, 0.3) is 0 Å². The average Bonchev–Trinajstić information content (AvgIpc) is 2.17. The summed E-state index contributed by atoms with van der Waals surface area (Å²) in [6, 6.07) is 1.65. The number of aromatic carboxylic acids is 1. The number of aromatic hydroxyl groups is 2. The molecule has 0 aliphatic carbocycles. The Balaban J connectivity index is 3.24. The lowest BCUT2D eigenvalue weighted by atomic mass is 10.1. The first kappa shape index (κ1) is 11.8. The summed E-state index contributed by atoms with van der Waals surface area (Å²) >= 11 is 0. The van der Waals surface area contributed by atoms with Crippen molar-refractivity contribution in [1.29, 1.82) is 0 Å². The molecule has 1 rings (SSSR count). The van der Waals surface area contributed by atoms with Crippen molar-refractivity contribution in [2.75, 3.05) is 6.61 Å². The van der Waals surface area contributed by atoms with Crippen molar-refractivity contribution in [3.05, 3.63) is 23.3 Å². The second-order valence-corrected chi connectivity index (χ2v) is 2.91. The number of phenols is 2. The van der Waals surface area contributed by atoms with E-state index < -0.39 is 29.0 Å². The summed E-state index contributed by atoms with van der Waals surface area (Å²) in [4.78, 5) is 22.0. The number of hydrogen-bond acceptors (Lipinski definition) is 5. The summed E-state index contributed by atoms with van der Waals surface area (Å²) in [5.74, 6) is -3.38. The zero-order valence-corrected chi connectivity index (χ0v) is 8.43. The highest BCUT2D eigenvalue weighted by Crippen LogP contribution is 2.27. The molecule has 0 atom stereocenters. The van der Waals surface area contributed by atoms with Crippen molar-refractivity contribution in [1.82, 2.24) is 0 Å². The van der Waals surface area contributed by atoms with Gasteiger partial charge in [0.2, 0.25) is 0 Å². The molecule has 0 aliphatic rings. The van der Waals surface area contributed by atoms with Gasteiger partial charge in [-0.3, -0.25) is 0 Å². The molecule has 0 aliphatic heterocycles. The number of carboxylic acid groups (broad SMARTS) is 1. The predicted octanol–water partition coefficient (Wildman–Crippen LogP) is 0.973. The minimum atomic E-state index is -1.40. The number of benzene rings is 1. The Morgan fingerprint density at radius 3 is 2.25 bits per heavy atom. The van der Waals surface area contributed by atoms with Crippen molar-refractivity contribution >= 4 is 11.9 Å². The molecular weight excluding hydrogens is 216 g/mol. The molecule has 0 saturated carbocycles. The number of carbonyl (C=O) groups excluding carboxylic acids is 1. The Morgan fingerprint density at radius 2 is 1.75 bits per heavy atom. The zero-order valence-electron chi connectivity index (χ0n) is 8.43. The Hall–Kier alpha value is -2.24. The summed E-state index contributed by atoms with van der Waals surface area (Å²) in [5, 5.41) is 27.2. The monoisotopic (exact) mass is 226 g/mol. The molecule has 0 bridgehead atoms. The maximum atomic E-state index is 11.3. The summed E-state index contributed by atoms with van der Waals surface area (Å²) in [7, 11) is 0. The van der Waals surface area contributed by atoms with Crippen LogP contribution in [0.3, 0.4) is 0 Å². The number of ether oxygens (including phenoxy) is 1. The topological polar surface area (TPSA) is 104 Å². The first-order valence-corrected chi connectivity index (χ1v) is 4.43. The first-order chi connectivity index (χ1) is 7.47. The maximum absolute atomic E-state index is 11.3. The van der Waals surface area contributed by atoms with Crippen LogP contribution in [-0.2, 0) is 4.74 Å². The fraction of sp³-hybridized carbons (Fsp3) is 0.200. The SMILES string of the molecule is CCOC(=O)c1cc(C(=O)O)c(O)cc1O. The third kappa shape index (κ3) is 2.22. The molecule has 0 aromatic heterocycles. The van der Waals surface area contributed by atoms with Gasteiger partial charge in [-0.05, 0) is 13.0 Å². The Kier molecular flexibility index (Phi) is 3.34. The maximum Gasteiger partial charge on any atom is 0.341 e. The Morgan fingerprint density at radius 1 is 1.19 bits per heavy atom. The highest BCUT2D eigenvalue weighted by molar-refractivity contribution is 5.98. The largest absolute Gasteiger partial charge is 0.507 e. The molecule has 1 aromatic rings. The van der Waals surface area contributed by atoms with E-state index in [0.29, 0.717) is 0 Å². The van der Waals surface area contributed by atoms with E-state index in [0.717, 1.165) is 12.1 Å². The Labute approximate surface area is 90.7 Å². The van der Waals surface area contributed by atoms with Crippen LogP contribution in [0, 0.1) is 0 Å². The highest BCUT2D eigenvalue weighted by Gasteiger charge is 2.19. The third-order valence-electron chi connectivity index (χ3n) is 1.84. The molecule has 3 N–H and O–H groups in total. The second-order valence-electron chi connectivity index (χ2n) is 2.91. The number of phenolic OH excluding ortho intramolecular Hbond substituents is 1. The van der Waals surface area contributed by atoms with Crippen LogP contribution in [0.5, 0.6) is 11.5 Å². The van der Waals surface area contributed by atoms with Crippen LogP contribution in [0.1, 0.15) is 27.6 Å². The van der Waals surface area contributed by atoms with Crippen molar-refractivity contribution in [2.45, 2.75) is 6.92 Å². The van der Waals surface area contributed by atoms with Crippen molar-refractivity contribution in [3.8, 4) is 11.5 Å². The molecule has 0 amide bonds. The fourth-order valence-corrected chi connectivity index (χ4v) is 1.12. The molecule has 86 valence electrons.